The molecule has 14 heteroatoms. The van der Waals surface area contributed by atoms with Crippen LogP contribution >= 0.6 is 0 Å². The molecule has 0 aromatic heterocycles. The third-order valence-corrected chi connectivity index (χ3v) is 6.78. The zero-order valence-electron chi connectivity index (χ0n) is 26.3. The third-order valence-electron chi connectivity index (χ3n) is 6.78. The number of nitrogens with one attached hydrogen (secondary N) is 2. The summed E-state index contributed by atoms with van der Waals surface area (Å²) in [7, 11) is 0. The topological polar surface area (TPSA) is 209 Å². The molecule has 1 atom stereocenters. The lowest BCUT2D eigenvalue weighted by atomic mass is 10.0. The Bertz CT molecular complexity index is 810. The van der Waals surface area contributed by atoms with Gasteiger partial charge in [-0.3, -0.25) is 14.4 Å². The Labute approximate surface area is 261 Å². The van der Waals surface area contributed by atoms with Gasteiger partial charge in [-0.05, 0) is 18.4 Å². The first-order chi connectivity index (χ1) is 21.4. The van der Waals surface area contributed by atoms with E-state index in [0.717, 1.165) is 38.5 Å². The fraction of sp³-hybridized carbons (Fsp3) is 0.867. The van der Waals surface area contributed by atoms with E-state index in [1.54, 1.807) is 0 Å². The highest BCUT2D eigenvalue weighted by molar-refractivity contribution is 5.88. The Morgan fingerprint density at radius 2 is 1.09 bits per heavy atom. The lowest BCUT2D eigenvalue weighted by Crippen LogP contribution is -2.44. The predicted octanol–water partition coefficient (Wildman–Crippen LogP) is 4.75. The number of hydrogen-bond donors (Lipinski definition) is 4. The van der Waals surface area contributed by atoms with Crippen molar-refractivity contribution in [2.24, 2.45) is 5.11 Å². The van der Waals surface area contributed by atoms with Crippen molar-refractivity contribution in [3.8, 4) is 0 Å². The van der Waals surface area contributed by atoms with E-state index in [1.807, 2.05) is 0 Å². The molecule has 0 saturated carbocycles. The molecule has 0 radical (unpaired) electrons. The number of carboxylic acids is 2. The molecule has 0 aliphatic rings. The quantitative estimate of drug-likeness (QED) is 0.0341. The van der Waals surface area contributed by atoms with Crippen LogP contribution in [0.1, 0.15) is 109 Å². The number of carbonyl (C=O) groups excluding carboxylic acids is 2. The summed E-state index contributed by atoms with van der Waals surface area (Å²) < 4.78 is 15.9. The number of ether oxygens (including phenoxy) is 3. The average molecular weight is 630 g/mol. The normalized spacial score (nSPS) is 11.5. The van der Waals surface area contributed by atoms with Gasteiger partial charge < -0.3 is 35.1 Å². The van der Waals surface area contributed by atoms with Crippen molar-refractivity contribution in [3.05, 3.63) is 10.4 Å². The number of hydrogen-bond acceptors (Lipinski definition) is 8. The summed E-state index contributed by atoms with van der Waals surface area (Å²) in [5.74, 6) is -2.81. The molecule has 0 aliphatic carbocycles. The minimum Gasteiger partial charge on any atom is -0.481 e. The maximum atomic E-state index is 12.2. The van der Waals surface area contributed by atoms with Crippen LogP contribution in [-0.2, 0) is 33.4 Å². The molecule has 0 spiro atoms. The zero-order valence-corrected chi connectivity index (χ0v) is 26.3. The van der Waals surface area contributed by atoms with Gasteiger partial charge in [-0.15, -0.1) is 0 Å². The van der Waals surface area contributed by atoms with Crippen molar-refractivity contribution in [3.63, 3.8) is 0 Å². The van der Waals surface area contributed by atoms with E-state index < -0.39 is 23.9 Å². The number of amides is 2. The van der Waals surface area contributed by atoms with E-state index >= 15 is 0 Å². The average Bonchev–Trinajstić information content (AvgIpc) is 2.98. The molecule has 2 amide bonds. The van der Waals surface area contributed by atoms with Crippen LogP contribution in [0.5, 0.6) is 0 Å². The number of rotatable bonds is 33. The monoisotopic (exact) mass is 629 g/mol. The summed E-state index contributed by atoms with van der Waals surface area (Å²) in [4.78, 5) is 48.9. The Morgan fingerprint density at radius 3 is 1.57 bits per heavy atom. The molecule has 0 fully saturated rings. The lowest BCUT2D eigenvalue weighted by Gasteiger charge is -2.14. The Balaban J connectivity index is 3.65. The molecule has 0 aliphatic heterocycles. The highest BCUT2D eigenvalue weighted by Gasteiger charge is 2.22. The van der Waals surface area contributed by atoms with Crippen LogP contribution in [0.25, 0.3) is 10.4 Å². The predicted molar refractivity (Wildman–Crippen MR) is 165 cm³/mol. The van der Waals surface area contributed by atoms with Gasteiger partial charge in [0, 0.05) is 30.8 Å². The number of aliphatic carboxylic acids is 2. The molecule has 0 unspecified atom stereocenters. The molecular formula is C30H55N5O9. The summed E-state index contributed by atoms with van der Waals surface area (Å²) in [6, 6.07) is -1.28. The second-order valence-electron chi connectivity index (χ2n) is 10.6. The second kappa shape index (κ2) is 31.5. The van der Waals surface area contributed by atoms with Gasteiger partial charge in [-0.25, -0.2) is 4.79 Å². The highest BCUT2D eigenvalue weighted by atomic mass is 16.5. The maximum absolute atomic E-state index is 12.2. The first-order valence-electron chi connectivity index (χ1n) is 16.1. The molecule has 0 aromatic rings. The summed E-state index contributed by atoms with van der Waals surface area (Å²) >= 11 is 0. The molecule has 0 rings (SSSR count). The molecule has 0 bridgehead atoms. The standard InChI is InChI=1S/C30H55N5O9/c31-35-33-18-20-43-22-24-44-23-21-42-19-17-32-28(37)25-26(30(40)41)34-27(36)15-13-11-9-7-5-3-1-2-4-6-8-10-12-14-16-29(38)39/h26H,1-25H2,(H,32,37)(H,34,36)(H,38,39)(H,40,41)/t26-/m0/s1. The minimum absolute atomic E-state index is 0.208. The fourth-order valence-corrected chi connectivity index (χ4v) is 4.36. The first kappa shape index (κ1) is 41.1. The lowest BCUT2D eigenvalue weighted by molar-refractivity contribution is -0.143. The summed E-state index contributed by atoms with van der Waals surface area (Å²) in [6.07, 6.45) is 15.3. The van der Waals surface area contributed by atoms with Crippen LogP contribution in [0.4, 0.5) is 0 Å². The largest absolute Gasteiger partial charge is 0.481 e. The van der Waals surface area contributed by atoms with Gasteiger partial charge in [0.1, 0.15) is 6.04 Å². The van der Waals surface area contributed by atoms with Crippen LogP contribution < -0.4 is 10.6 Å². The van der Waals surface area contributed by atoms with Crippen LogP contribution in [0, 0.1) is 0 Å². The van der Waals surface area contributed by atoms with Crippen molar-refractivity contribution in [1.82, 2.24) is 10.6 Å². The van der Waals surface area contributed by atoms with Crippen LogP contribution in [0.3, 0.4) is 0 Å². The first-order valence-corrected chi connectivity index (χ1v) is 16.1. The van der Waals surface area contributed by atoms with Gasteiger partial charge in [-0.2, -0.15) is 0 Å². The summed E-state index contributed by atoms with van der Waals surface area (Å²) in [6.45, 7) is 2.48. The van der Waals surface area contributed by atoms with E-state index in [1.165, 1.54) is 44.9 Å². The van der Waals surface area contributed by atoms with Gasteiger partial charge >= 0.3 is 11.9 Å². The number of nitrogens with zero attached hydrogens (tertiary/aromatic N) is 3. The number of unbranched alkanes of at least 4 members (excludes halogenated alkanes) is 13. The Morgan fingerprint density at radius 1 is 0.636 bits per heavy atom. The zero-order chi connectivity index (χ0) is 32.5. The highest BCUT2D eigenvalue weighted by Crippen LogP contribution is 2.14. The maximum Gasteiger partial charge on any atom is 0.326 e. The molecule has 0 saturated heterocycles. The van der Waals surface area contributed by atoms with Crippen molar-refractivity contribution >= 4 is 23.8 Å². The van der Waals surface area contributed by atoms with Crippen molar-refractivity contribution < 1.29 is 43.6 Å². The van der Waals surface area contributed by atoms with Gasteiger partial charge in [0.25, 0.3) is 0 Å². The molecule has 4 N–H and O–H groups in total. The fourth-order valence-electron chi connectivity index (χ4n) is 4.36. The third kappa shape index (κ3) is 30.5. The smallest absolute Gasteiger partial charge is 0.326 e. The molecule has 0 heterocycles. The van der Waals surface area contributed by atoms with Crippen LogP contribution in [-0.4, -0.2) is 92.7 Å². The van der Waals surface area contributed by atoms with Crippen LogP contribution in [0.2, 0.25) is 0 Å². The number of azide groups is 1. The van der Waals surface area contributed by atoms with E-state index in [-0.39, 0.29) is 44.9 Å². The SMILES string of the molecule is [N-]=[N+]=NCCOCCOCCOCCNC(=O)C[C@H](NC(=O)CCCCCCCCCCCCCCCCC(=O)O)C(=O)O. The van der Waals surface area contributed by atoms with E-state index in [0.29, 0.717) is 39.5 Å². The summed E-state index contributed by atoms with van der Waals surface area (Å²) in [5, 5.41) is 26.4. The van der Waals surface area contributed by atoms with E-state index in [2.05, 4.69) is 20.7 Å². The van der Waals surface area contributed by atoms with E-state index in [4.69, 9.17) is 24.8 Å². The minimum atomic E-state index is -1.28. The molecule has 0 aromatic carbocycles. The van der Waals surface area contributed by atoms with Crippen molar-refractivity contribution in [2.75, 3.05) is 52.7 Å². The Kier molecular flexibility index (Phi) is 29.4. The Hall–Kier alpha value is -2.93. The second-order valence-corrected chi connectivity index (χ2v) is 10.6. The van der Waals surface area contributed by atoms with Crippen molar-refractivity contribution in [1.29, 1.82) is 0 Å². The number of carbonyl (C=O) groups is 4. The molecule has 44 heavy (non-hydrogen) atoms. The van der Waals surface area contributed by atoms with E-state index in [9.17, 15) is 24.3 Å². The molecule has 14 nitrogen and oxygen atoms in total. The number of carboxylic acid groups (broad SMARTS) is 2. The van der Waals surface area contributed by atoms with Gasteiger partial charge in [0.05, 0.1) is 46.1 Å². The summed E-state index contributed by atoms with van der Waals surface area (Å²) in [5.41, 5.74) is 8.14. The van der Waals surface area contributed by atoms with Crippen molar-refractivity contribution in [2.45, 2.75) is 115 Å². The van der Waals surface area contributed by atoms with Gasteiger partial charge in [0.2, 0.25) is 11.8 Å². The van der Waals surface area contributed by atoms with Crippen LogP contribution in [0.15, 0.2) is 5.11 Å². The van der Waals surface area contributed by atoms with Gasteiger partial charge in [-0.1, -0.05) is 82.2 Å². The van der Waals surface area contributed by atoms with Gasteiger partial charge in [0.15, 0.2) is 0 Å². The molecular weight excluding hydrogens is 574 g/mol. The molecule has 254 valence electrons.